The van der Waals surface area contributed by atoms with Gasteiger partial charge in [-0.3, -0.25) is 9.69 Å². The third-order valence-electron chi connectivity index (χ3n) is 5.48. The van der Waals surface area contributed by atoms with Gasteiger partial charge in [0.1, 0.15) is 0 Å². The van der Waals surface area contributed by atoms with Gasteiger partial charge in [0.2, 0.25) is 0 Å². The van der Waals surface area contributed by atoms with Crippen LogP contribution in [0.3, 0.4) is 0 Å². The maximum atomic E-state index is 13.7. The van der Waals surface area contributed by atoms with Crippen molar-refractivity contribution in [3.05, 3.63) is 57.9 Å². The molecule has 0 spiro atoms. The van der Waals surface area contributed by atoms with Gasteiger partial charge in [-0.1, -0.05) is 23.5 Å². The lowest BCUT2D eigenvalue weighted by Crippen LogP contribution is -2.26. The average molecular weight is 462 g/mol. The third kappa shape index (κ3) is 3.40. The Balaban J connectivity index is 1.67. The molecule has 0 fully saturated rings. The summed E-state index contributed by atoms with van der Waals surface area (Å²) in [5.74, 6) is -0.120. The number of para-hydroxylation sites is 1. The molecule has 162 valence electrons. The van der Waals surface area contributed by atoms with Crippen LogP contribution in [-0.2, 0) is 0 Å². The summed E-state index contributed by atoms with van der Waals surface area (Å²) in [5.41, 5.74) is 4.05. The van der Waals surface area contributed by atoms with Crippen LogP contribution in [-0.4, -0.2) is 32.7 Å². The molecule has 1 amide bonds. The van der Waals surface area contributed by atoms with Gasteiger partial charge in [-0.2, -0.15) is 5.10 Å². The second kappa shape index (κ2) is 7.79. The molecule has 0 N–H and O–H groups in total. The number of anilines is 1. The molecule has 5 rings (SSSR count). The summed E-state index contributed by atoms with van der Waals surface area (Å²) < 4.78 is 2.93. The van der Waals surface area contributed by atoms with Crippen LogP contribution in [0, 0.1) is 13.8 Å². The van der Waals surface area contributed by atoms with E-state index >= 15 is 0 Å². The quantitative estimate of drug-likeness (QED) is 0.318. The van der Waals surface area contributed by atoms with Crippen molar-refractivity contribution in [2.24, 2.45) is 0 Å². The number of nitrogens with zero attached hydrogens (tertiary/aromatic N) is 5. The molecule has 0 radical (unpaired) electrons. The van der Waals surface area contributed by atoms with Gasteiger partial charge < -0.3 is 0 Å². The molecule has 0 saturated heterocycles. The van der Waals surface area contributed by atoms with E-state index in [1.54, 1.807) is 29.5 Å². The third-order valence-corrected chi connectivity index (χ3v) is 7.56. The van der Waals surface area contributed by atoms with E-state index in [1.165, 1.54) is 21.1 Å². The van der Waals surface area contributed by atoms with Crippen LogP contribution in [0.4, 0.5) is 5.13 Å². The van der Waals surface area contributed by atoms with E-state index in [4.69, 9.17) is 4.98 Å². The second-order valence-electron chi connectivity index (χ2n) is 8.13. The first-order chi connectivity index (χ1) is 15.3. The summed E-state index contributed by atoms with van der Waals surface area (Å²) >= 11 is 3.25. The van der Waals surface area contributed by atoms with E-state index in [9.17, 15) is 4.79 Å². The predicted octanol–water partition coefficient (Wildman–Crippen LogP) is 6.24. The molecule has 0 saturated carbocycles. The van der Waals surface area contributed by atoms with E-state index in [1.807, 2.05) is 35.0 Å². The number of amides is 1. The second-order valence-corrected chi connectivity index (χ2v) is 10.6. The average Bonchev–Trinajstić information content (AvgIpc) is 3.47. The normalized spacial score (nSPS) is 11.7. The van der Waals surface area contributed by atoms with Crippen LogP contribution in [0.2, 0.25) is 0 Å². The molecular formula is C24H23N5OS2. The lowest BCUT2D eigenvalue weighted by Gasteiger charge is -2.16. The van der Waals surface area contributed by atoms with Crippen molar-refractivity contribution in [2.45, 2.75) is 33.7 Å². The number of fused-ring (bicyclic) bond motifs is 2. The van der Waals surface area contributed by atoms with Crippen molar-refractivity contribution in [3.8, 4) is 11.3 Å². The topological polar surface area (TPSA) is 63.9 Å². The molecule has 0 aliphatic carbocycles. The minimum Gasteiger partial charge on any atom is -0.287 e. The molecule has 1 aromatic carbocycles. The minimum absolute atomic E-state index is 0.120. The highest BCUT2D eigenvalue weighted by Crippen LogP contribution is 2.34. The molecule has 4 heterocycles. The van der Waals surface area contributed by atoms with Gasteiger partial charge in [-0.25, -0.2) is 14.6 Å². The lowest BCUT2D eigenvalue weighted by molar-refractivity contribution is 0.0994. The van der Waals surface area contributed by atoms with Gasteiger partial charge >= 0.3 is 0 Å². The van der Waals surface area contributed by atoms with Crippen molar-refractivity contribution in [1.82, 2.24) is 19.7 Å². The van der Waals surface area contributed by atoms with Crippen molar-refractivity contribution in [2.75, 3.05) is 11.9 Å². The number of benzene rings is 1. The van der Waals surface area contributed by atoms with Crippen LogP contribution < -0.4 is 4.90 Å². The highest BCUT2D eigenvalue weighted by Gasteiger charge is 2.24. The van der Waals surface area contributed by atoms with Crippen molar-refractivity contribution in [1.29, 1.82) is 0 Å². The molecule has 0 bridgehead atoms. The van der Waals surface area contributed by atoms with Gasteiger partial charge in [0.15, 0.2) is 10.8 Å². The van der Waals surface area contributed by atoms with Gasteiger partial charge in [0, 0.05) is 28.4 Å². The molecule has 8 heteroatoms. The predicted molar refractivity (Wildman–Crippen MR) is 133 cm³/mol. The number of carbonyl (C=O) groups excluding carboxylic acids is 1. The summed E-state index contributed by atoms with van der Waals surface area (Å²) in [7, 11) is 1.78. The Bertz CT molecular complexity index is 1440. The molecule has 0 unspecified atom stereocenters. The Morgan fingerprint density at radius 2 is 1.88 bits per heavy atom. The number of hydrogen-bond acceptors (Lipinski definition) is 6. The van der Waals surface area contributed by atoms with Crippen LogP contribution in [0.25, 0.3) is 32.5 Å². The Kier molecular flexibility index (Phi) is 5.06. The summed E-state index contributed by atoms with van der Waals surface area (Å²) in [6.07, 6.45) is 1.75. The van der Waals surface area contributed by atoms with E-state index in [0.717, 1.165) is 32.5 Å². The number of aromatic nitrogens is 4. The highest BCUT2D eigenvalue weighted by atomic mass is 32.1. The molecular weight excluding hydrogens is 438 g/mol. The van der Waals surface area contributed by atoms with Gasteiger partial charge in [-0.05, 0) is 52.0 Å². The van der Waals surface area contributed by atoms with Gasteiger partial charge in [-0.15, -0.1) is 11.3 Å². The van der Waals surface area contributed by atoms with Crippen LogP contribution in [0.15, 0.2) is 42.6 Å². The standard InChI is InChI=1S/C24H23N5OS2/c1-13(2)29-22-18(12-25-29)17(11-20(26-22)16-10-14(3)31-15(16)4)23(30)28(5)24-27-19-8-6-7-9-21(19)32-24/h6-13H,1-5H3. The van der Waals surface area contributed by atoms with E-state index < -0.39 is 0 Å². The van der Waals surface area contributed by atoms with E-state index in [0.29, 0.717) is 10.7 Å². The zero-order valence-electron chi connectivity index (χ0n) is 18.6. The van der Waals surface area contributed by atoms with Crippen LogP contribution >= 0.6 is 22.7 Å². The maximum Gasteiger partial charge on any atom is 0.260 e. The maximum absolute atomic E-state index is 13.7. The molecule has 0 aliphatic heterocycles. The van der Waals surface area contributed by atoms with E-state index in [-0.39, 0.29) is 11.9 Å². The lowest BCUT2D eigenvalue weighted by atomic mass is 10.1. The molecule has 32 heavy (non-hydrogen) atoms. The number of carbonyl (C=O) groups is 1. The van der Waals surface area contributed by atoms with Gasteiger partial charge in [0.25, 0.3) is 5.91 Å². The zero-order chi connectivity index (χ0) is 22.6. The van der Waals surface area contributed by atoms with Crippen molar-refractivity contribution in [3.63, 3.8) is 0 Å². The minimum atomic E-state index is -0.120. The summed E-state index contributed by atoms with van der Waals surface area (Å²) in [4.78, 5) is 27.3. The summed E-state index contributed by atoms with van der Waals surface area (Å²) in [6, 6.07) is 12.1. The Hall–Kier alpha value is -3.10. The van der Waals surface area contributed by atoms with Crippen LogP contribution in [0.5, 0.6) is 0 Å². The first-order valence-corrected chi connectivity index (χ1v) is 12.1. The smallest absolute Gasteiger partial charge is 0.260 e. The van der Waals surface area contributed by atoms with Crippen LogP contribution in [0.1, 0.15) is 40.0 Å². The fourth-order valence-corrected chi connectivity index (χ4v) is 5.73. The zero-order valence-corrected chi connectivity index (χ0v) is 20.2. The number of aryl methyl sites for hydroxylation is 2. The Labute approximate surface area is 194 Å². The highest BCUT2D eigenvalue weighted by molar-refractivity contribution is 7.22. The molecule has 4 aromatic heterocycles. The molecule has 0 atom stereocenters. The first-order valence-electron chi connectivity index (χ1n) is 10.4. The number of rotatable bonds is 4. The fourth-order valence-electron chi connectivity index (χ4n) is 3.87. The Morgan fingerprint density at radius 3 is 2.56 bits per heavy atom. The summed E-state index contributed by atoms with van der Waals surface area (Å²) in [5, 5.41) is 5.96. The first kappa shape index (κ1) is 20.8. The fraction of sp³-hybridized carbons (Fsp3) is 0.250. The van der Waals surface area contributed by atoms with E-state index in [2.05, 4.69) is 43.8 Å². The number of thiophene rings is 1. The van der Waals surface area contributed by atoms with Crippen molar-refractivity contribution >= 4 is 55.0 Å². The van der Waals surface area contributed by atoms with Crippen molar-refractivity contribution < 1.29 is 4.79 Å². The monoisotopic (exact) mass is 461 g/mol. The number of hydrogen-bond donors (Lipinski definition) is 0. The molecule has 0 aliphatic rings. The molecule has 6 nitrogen and oxygen atoms in total. The number of thiazole rings is 1. The SMILES string of the molecule is Cc1cc(-c2cc(C(=O)N(C)c3nc4ccccc4s3)c3cnn(C(C)C)c3n2)c(C)s1. The Morgan fingerprint density at radius 1 is 1.09 bits per heavy atom. The molecule has 5 aromatic rings. The van der Waals surface area contributed by atoms with Gasteiger partial charge in [0.05, 0.1) is 33.1 Å². The largest absolute Gasteiger partial charge is 0.287 e. The summed E-state index contributed by atoms with van der Waals surface area (Å²) in [6.45, 7) is 8.31. The number of pyridine rings is 1.